The van der Waals surface area contributed by atoms with Gasteiger partial charge in [-0.05, 0) is 81.8 Å². The largest absolute Gasteiger partial charge is 0.444 e. The monoisotopic (exact) mass is 581 g/mol. The van der Waals surface area contributed by atoms with Crippen LogP contribution in [0.25, 0.3) is 27.6 Å². The van der Waals surface area contributed by atoms with Crippen LogP contribution in [0.1, 0.15) is 49.5 Å². The normalized spacial score (nSPS) is 15.6. The molecule has 3 aromatic heterocycles. The van der Waals surface area contributed by atoms with Crippen LogP contribution in [-0.4, -0.2) is 66.6 Å². The number of anilines is 1. The molecule has 0 N–H and O–H groups in total. The van der Waals surface area contributed by atoms with Gasteiger partial charge < -0.3 is 9.64 Å². The molecule has 220 valence electrons. The lowest BCUT2D eigenvalue weighted by Gasteiger charge is -2.39. The highest BCUT2D eigenvalue weighted by Gasteiger charge is 2.36. The predicted molar refractivity (Wildman–Crippen MR) is 161 cm³/mol. The van der Waals surface area contributed by atoms with Crippen molar-refractivity contribution in [3.63, 3.8) is 0 Å². The number of aromatic nitrogens is 5. The Kier molecular flexibility index (Phi) is 7.25. The molecular formula is C32H32FN7O3. The molecule has 4 heterocycles. The zero-order valence-corrected chi connectivity index (χ0v) is 24.5. The first-order valence-corrected chi connectivity index (χ1v) is 14.2. The number of amides is 2. The third-order valence-electron chi connectivity index (χ3n) is 7.48. The number of carbonyl (C=O) groups is 2. The summed E-state index contributed by atoms with van der Waals surface area (Å²) in [6, 6.07) is 15.1. The van der Waals surface area contributed by atoms with Gasteiger partial charge in [-0.2, -0.15) is 4.68 Å². The van der Waals surface area contributed by atoms with E-state index in [-0.39, 0.29) is 12.1 Å². The molecule has 0 unspecified atom stereocenters. The summed E-state index contributed by atoms with van der Waals surface area (Å²) < 4.78 is 22.9. The van der Waals surface area contributed by atoms with E-state index in [9.17, 15) is 9.59 Å². The molecule has 0 spiro atoms. The Labute approximate surface area is 248 Å². The number of hydrogen-bond donors (Lipinski definition) is 0. The smallest absolute Gasteiger partial charge is 0.410 e. The number of benzene rings is 2. The predicted octanol–water partition coefficient (Wildman–Crippen LogP) is 5.86. The highest BCUT2D eigenvalue weighted by molar-refractivity contribution is 6.11. The van der Waals surface area contributed by atoms with E-state index in [0.29, 0.717) is 42.1 Å². The van der Waals surface area contributed by atoms with E-state index in [2.05, 4.69) is 20.3 Å². The molecule has 0 bridgehead atoms. The summed E-state index contributed by atoms with van der Waals surface area (Å²) in [6.07, 6.45) is 4.05. The summed E-state index contributed by atoms with van der Waals surface area (Å²) in [5, 5.41) is 9.91. The molecule has 0 saturated carbocycles. The Morgan fingerprint density at radius 2 is 1.88 bits per heavy atom. The van der Waals surface area contributed by atoms with E-state index in [4.69, 9.17) is 4.74 Å². The molecule has 1 aliphatic rings. The van der Waals surface area contributed by atoms with Gasteiger partial charge >= 0.3 is 6.09 Å². The van der Waals surface area contributed by atoms with Crippen LogP contribution in [0.4, 0.5) is 15.0 Å². The van der Waals surface area contributed by atoms with Crippen molar-refractivity contribution < 1.29 is 18.7 Å². The molecule has 10 nitrogen and oxygen atoms in total. The maximum absolute atomic E-state index is 15.9. The maximum atomic E-state index is 15.9. The number of carbonyl (C=O) groups excluding carboxylic acids is 2. The molecule has 2 amide bonds. The molecule has 0 radical (unpaired) electrons. The van der Waals surface area contributed by atoms with Crippen LogP contribution in [0, 0.1) is 12.7 Å². The first-order chi connectivity index (χ1) is 20.6. The Bertz CT molecular complexity index is 1840. The van der Waals surface area contributed by atoms with Crippen LogP contribution >= 0.6 is 0 Å². The van der Waals surface area contributed by atoms with Gasteiger partial charge in [0.15, 0.2) is 5.65 Å². The number of aryl methyl sites for hydroxylation is 1. The Morgan fingerprint density at radius 3 is 2.67 bits per heavy atom. The molecule has 0 aliphatic carbocycles. The first-order valence-electron chi connectivity index (χ1n) is 14.2. The lowest BCUT2D eigenvalue weighted by atomic mass is 10.00. The van der Waals surface area contributed by atoms with Gasteiger partial charge in [0.05, 0.1) is 17.3 Å². The fourth-order valence-electron chi connectivity index (χ4n) is 5.54. The molecular weight excluding hydrogens is 549 g/mol. The number of rotatable bonds is 4. The van der Waals surface area contributed by atoms with Crippen molar-refractivity contribution in [2.75, 3.05) is 18.0 Å². The molecule has 2 aromatic carbocycles. The van der Waals surface area contributed by atoms with Gasteiger partial charge in [0, 0.05) is 36.9 Å². The number of fused-ring (bicyclic) bond motifs is 2. The Balaban J connectivity index is 1.41. The summed E-state index contributed by atoms with van der Waals surface area (Å²) in [5.41, 5.74) is 1.57. The van der Waals surface area contributed by atoms with Gasteiger partial charge in [0.2, 0.25) is 0 Å². The second-order valence-electron chi connectivity index (χ2n) is 11.7. The van der Waals surface area contributed by atoms with Crippen molar-refractivity contribution >= 4 is 39.8 Å². The summed E-state index contributed by atoms with van der Waals surface area (Å²) in [5.74, 6) is -0.847. The number of likely N-dealkylation sites (tertiary alicyclic amines) is 1. The number of hydrogen-bond acceptors (Lipinski definition) is 7. The lowest BCUT2D eigenvalue weighted by Crippen LogP contribution is -2.53. The standard InChI is InChI=1S/C32H32FN7O3/c1-20-8-5-9-21-14-16-35-29(27(20)21)39(23-10-7-17-38(19-23)31(42)43-32(2,3)4)30(41)24-13-12-22(18-25(24)33)40-28-26(36-37-40)11-6-15-34-28/h5-6,8-9,11-16,18,23H,7,10,17,19H2,1-4H3/t23-/m1/s1. The van der Waals surface area contributed by atoms with Gasteiger partial charge in [-0.3, -0.25) is 9.69 Å². The first kappa shape index (κ1) is 28.2. The van der Waals surface area contributed by atoms with Gasteiger partial charge in [-0.25, -0.2) is 19.2 Å². The third kappa shape index (κ3) is 5.50. The van der Waals surface area contributed by atoms with E-state index in [1.54, 1.807) is 40.4 Å². The van der Waals surface area contributed by atoms with Crippen LogP contribution < -0.4 is 4.90 Å². The maximum Gasteiger partial charge on any atom is 0.410 e. The minimum atomic E-state index is -0.719. The average Bonchev–Trinajstić information content (AvgIpc) is 3.41. The number of pyridine rings is 2. The van der Waals surface area contributed by atoms with Crippen LogP contribution in [-0.2, 0) is 4.74 Å². The van der Waals surface area contributed by atoms with Crippen LogP contribution in [0.5, 0.6) is 0 Å². The molecule has 43 heavy (non-hydrogen) atoms. The fourth-order valence-corrected chi connectivity index (χ4v) is 5.54. The van der Waals surface area contributed by atoms with Crippen molar-refractivity contribution in [3.8, 4) is 5.69 Å². The zero-order chi connectivity index (χ0) is 30.3. The molecule has 1 aliphatic heterocycles. The summed E-state index contributed by atoms with van der Waals surface area (Å²) in [6.45, 7) is 8.12. The number of ether oxygens (including phenoxy) is 1. The molecule has 1 saturated heterocycles. The van der Waals surface area contributed by atoms with Gasteiger partial charge in [0.25, 0.3) is 5.91 Å². The van der Waals surface area contributed by atoms with E-state index >= 15 is 4.39 Å². The number of halogens is 1. The molecule has 11 heteroatoms. The number of nitrogens with zero attached hydrogens (tertiary/aromatic N) is 7. The molecule has 1 atom stereocenters. The van der Waals surface area contributed by atoms with Crippen molar-refractivity contribution in [1.82, 2.24) is 29.9 Å². The SMILES string of the molecule is Cc1cccc2ccnc(N(C(=O)c3ccc(-n4nnc5cccnc54)cc3F)[C@@H]3CCCN(C(=O)OC(C)(C)C)C3)c12. The highest BCUT2D eigenvalue weighted by Crippen LogP contribution is 2.33. The quantitative estimate of drug-likeness (QED) is 0.262. The van der Waals surface area contributed by atoms with Crippen molar-refractivity contribution in [3.05, 3.63) is 83.9 Å². The second-order valence-corrected chi connectivity index (χ2v) is 11.7. The Morgan fingerprint density at radius 1 is 1.05 bits per heavy atom. The Hall–Kier alpha value is -4.93. The van der Waals surface area contributed by atoms with Gasteiger partial charge in [-0.1, -0.05) is 23.4 Å². The van der Waals surface area contributed by atoms with Crippen LogP contribution in [0.2, 0.25) is 0 Å². The van der Waals surface area contributed by atoms with Crippen molar-refractivity contribution in [1.29, 1.82) is 0 Å². The lowest BCUT2D eigenvalue weighted by molar-refractivity contribution is 0.0196. The fraction of sp³-hybridized carbons (Fsp3) is 0.312. The second kappa shape index (κ2) is 11.0. The van der Waals surface area contributed by atoms with Crippen LogP contribution in [0.15, 0.2) is 67.0 Å². The molecule has 1 fully saturated rings. The summed E-state index contributed by atoms with van der Waals surface area (Å²) >= 11 is 0. The highest BCUT2D eigenvalue weighted by atomic mass is 19.1. The number of piperidine rings is 1. The van der Waals surface area contributed by atoms with E-state index in [1.165, 1.54) is 16.8 Å². The molecule has 5 aromatic rings. The third-order valence-corrected chi connectivity index (χ3v) is 7.48. The average molecular weight is 582 g/mol. The minimum Gasteiger partial charge on any atom is -0.444 e. The van der Waals surface area contributed by atoms with Gasteiger partial charge in [0.1, 0.15) is 22.8 Å². The zero-order valence-electron chi connectivity index (χ0n) is 24.5. The van der Waals surface area contributed by atoms with E-state index < -0.39 is 29.5 Å². The van der Waals surface area contributed by atoms with E-state index in [1.807, 2.05) is 52.0 Å². The topological polar surface area (TPSA) is 106 Å². The van der Waals surface area contributed by atoms with Crippen molar-refractivity contribution in [2.24, 2.45) is 0 Å². The summed E-state index contributed by atoms with van der Waals surface area (Å²) in [7, 11) is 0. The van der Waals surface area contributed by atoms with Crippen molar-refractivity contribution in [2.45, 2.75) is 52.2 Å². The molecule has 6 rings (SSSR count). The minimum absolute atomic E-state index is 0.122. The summed E-state index contributed by atoms with van der Waals surface area (Å²) in [4.78, 5) is 39.6. The van der Waals surface area contributed by atoms with Gasteiger partial charge in [-0.15, -0.1) is 5.10 Å². The van der Waals surface area contributed by atoms with E-state index in [0.717, 1.165) is 16.3 Å². The van der Waals surface area contributed by atoms with Crippen LogP contribution in [0.3, 0.4) is 0 Å².